The summed E-state index contributed by atoms with van der Waals surface area (Å²) in [6.45, 7) is 3.90. The molecule has 1 aliphatic heterocycles. The summed E-state index contributed by atoms with van der Waals surface area (Å²) in [6, 6.07) is 5.07. The lowest BCUT2D eigenvalue weighted by atomic mass is 9.98. The van der Waals surface area contributed by atoms with E-state index < -0.39 is 5.60 Å². The molecule has 0 saturated carbocycles. The highest BCUT2D eigenvalue weighted by atomic mass is 16.5. The van der Waals surface area contributed by atoms with Gasteiger partial charge in [0, 0.05) is 17.7 Å². The maximum absolute atomic E-state index is 13.6. The van der Waals surface area contributed by atoms with Gasteiger partial charge in [0.15, 0.2) is 11.5 Å². The van der Waals surface area contributed by atoms with E-state index in [4.69, 9.17) is 28.1 Å². The van der Waals surface area contributed by atoms with Gasteiger partial charge < -0.3 is 28.1 Å². The largest absolute Gasteiger partial charge is 0.496 e. The Morgan fingerprint density at radius 3 is 2.16 bits per heavy atom. The third-order valence-corrected chi connectivity index (χ3v) is 5.25. The van der Waals surface area contributed by atoms with Gasteiger partial charge in [-0.1, -0.05) is 0 Å². The van der Waals surface area contributed by atoms with E-state index in [9.17, 15) is 4.79 Å². The number of benzene rings is 2. The molecule has 0 amide bonds. The van der Waals surface area contributed by atoms with Crippen molar-refractivity contribution in [1.82, 2.24) is 0 Å². The highest BCUT2D eigenvalue weighted by molar-refractivity contribution is 5.94. The summed E-state index contributed by atoms with van der Waals surface area (Å²) in [5, 5.41) is 0.323. The van der Waals surface area contributed by atoms with E-state index >= 15 is 0 Å². The molecule has 0 spiro atoms. The maximum Gasteiger partial charge on any atom is 0.204 e. The molecule has 0 bridgehead atoms. The smallest absolute Gasteiger partial charge is 0.204 e. The fourth-order valence-corrected chi connectivity index (χ4v) is 3.73. The first-order valence-electron chi connectivity index (χ1n) is 9.68. The molecule has 3 aromatic rings. The van der Waals surface area contributed by atoms with Gasteiger partial charge in [0.2, 0.25) is 5.43 Å². The highest BCUT2D eigenvalue weighted by Crippen LogP contribution is 2.43. The van der Waals surface area contributed by atoms with Crippen LogP contribution in [0.1, 0.15) is 19.4 Å². The first-order valence-corrected chi connectivity index (χ1v) is 9.68. The van der Waals surface area contributed by atoms with Gasteiger partial charge >= 0.3 is 0 Å². The first-order chi connectivity index (χ1) is 14.8. The molecule has 4 rings (SSSR count). The van der Waals surface area contributed by atoms with Crippen LogP contribution in [0, 0.1) is 0 Å². The van der Waals surface area contributed by atoms with Crippen LogP contribution in [-0.2, 0) is 0 Å². The molecule has 1 aliphatic rings. The van der Waals surface area contributed by atoms with Crippen LogP contribution in [0.4, 0.5) is 0 Å². The van der Waals surface area contributed by atoms with Crippen molar-refractivity contribution in [2.75, 3.05) is 28.4 Å². The molecule has 0 N–H and O–H groups in total. The van der Waals surface area contributed by atoms with Crippen molar-refractivity contribution >= 4 is 17.0 Å². The molecular weight excluding hydrogens is 400 g/mol. The van der Waals surface area contributed by atoms with E-state index in [2.05, 4.69) is 0 Å². The lowest BCUT2D eigenvalue weighted by Gasteiger charge is -2.28. The standard InChI is InChI=1S/C24H24O7/c1-24(2)8-7-13-17(31-24)11-20-21(23(13)29-6)22(25)15(12-30-20)14-9-18(27-4)19(28-5)10-16(14)26-3/h7-12H,1-6H3. The second kappa shape index (κ2) is 7.58. The van der Waals surface area contributed by atoms with Gasteiger partial charge in [-0.2, -0.15) is 0 Å². The molecule has 7 heteroatoms. The number of ether oxygens (including phenoxy) is 5. The zero-order valence-electron chi connectivity index (χ0n) is 18.3. The summed E-state index contributed by atoms with van der Waals surface area (Å²) in [5.74, 6) is 2.40. The van der Waals surface area contributed by atoms with E-state index in [0.717, 1.165) is 0 Å². The fraction of sp³-hybridized carbons (Fsp3) is 0.292. The lowest BCUT2D eigenvalue weighted by Crippen LogP contribution is -2.27. The summed E-state index contributed by atoms with van der Waals surface area (Å²) in [7, 11) is 6.10. The molecule has 0 saturated heterocycles. The minimum absolute atomic E-state index is 0.260. The molecule has 0 aliphatic carbocycles. The molecule has 7 nitrogen and oxygen atoms in total. The van der Waals surface area contributed by atoms with E-state index in [1.807, 2.05) is 26.0 Å². The zero-order chi connectivity index (χ0) is 22.3. The SMILES string of the molecule is COc1cc(OC)c(-c2coc3cc4c(c(OC)c3c2=O)C=CC(C)(C)O4)cc1OC. The Hall–Kier alpha value is -3.61. The molecule has 0 unspecified atom stereocenters. The van der Waals surface area contributed by atoms with Crippen LogP contribution in [-0.4, -0.2) is 34.0 Å². The van der Waals surface area contributed by atoms with Gasteiger partial charge in [-0.3, -0.25) is 4.79 Å². The van der Waals surface area contributed by atoms with Crippen molar-refractivity contribution in [1.29, 1.82) is 0 Å². The van der Waals surface area contributed by atoms with Crippen LogP contribution in [0.25, 0.3) is 28.2 Å². The molecule has 2 heterocycles. The molecular formula is C24H24O7. The Labute approximate surface area is 179 Å². The topological polar surface area (TPSA) is 76.4 Å². The second-order valence-electron chi connectivity index (χ2n) is 7.62. The third-order valence-electron chi connectivity index (χ3n) is 5.25. The van der Waals surface area contributed by atoms with Crippen LogP contribution < -0.4 is 29.1 Å². The van der Waals surface area contributed by atoms with Gasteiger partial charge in [0.1, 0.15) is 40.1 Å². The molecule has 1 aromatic heterocycles. The van der Waals surface area contributed by atoms with Crippen LogP contribution in [0.3, 0.4) is 0 Å². The lowest BCUT2D eigenvalue weighted by molar-refractivity contribution is 0.158. The van der Waals surface area contributed by atoms with Crippen molar-refractivity contribution < 1.29 is 28.1 Å². The molecule has 0 fully saturated rings. The van der Waals surface area contributed by atoms with Gasteiger partial charge in [-0.15, -0.1) is 0 Å². The molecule has 31 heavy (non-hydrogen) atoms. The number of methoxy groups -OCH3 is 4. The predicted octanol–water partition coefficient (Wildman–Crippen LogP) is 4.68. The minimum Gasteiger partial charge on any atom is -0.496 e. The Morgan fingerprint density at radius 2 is 1.52 bits per heavy atom. The monoisotopic (exact) mass is 424 g/mol. The molecule has 2 aromatic carbocycles. The van der Waals surface area contributed by atoms with Gasteiger partial charge in [-0.05, 0) is 32.1 Å². The Morgan fingerprint density at radius 1 is 0.839 bits per heavy atom. The van der Waals surface area contributed by atoms with Crippen molar-refractivity contribution in [3.8, 4) is 39.9 Å². The summed E-state index contributed by atoms with van der Waals surface area (Å²) < 4.78 is 33.8. The normalized spacial score (nSPS) is 14.0. The van der Waals surface area contributed by atoms with Gasteiger partial charge in [0.05, 0.1) is 39.6 Å². The van der Waals surface area contributed by atoms with E-state index in [1.54, 1.807) is 18.2 Å². The average molecular weight is 424 g/mol. The molecule has 162 valence electrons. The average Bonchev–Trinajstić information content (AvgIpc) is 2.76. The van der Waals surface area contributed by atoms with Crippen molar-refractivity contribution in [2.24, 2.45) is 0 Å². The number of hydrogen-bond donors (Lipinski definition) is 0. The fourth-order valence-electron chi connectivity index (χ4n) is 3.73. The Kier molecular flexibility index (Phi) is 5.05. The second-order valence-corrected chi connectivity index (χ2v) is 7.62. The quantitative estimate of drug-likeness (QED) is 0.589. The number of hydrogen-bond acceptors (Lipinski definition) is 7. The molecule has 0 radical (unpaired) electrons. The minimum atomic E-state index is -0.473. The summed E-state index contributed by atoms with van der Waals surface area (Å²) in [5.41, 5.74) is 1.16. The van der Waals surface area contributed by atoms with Crippen LogP contribution in [0.15, 0.2) is 39.7 Å². The van der Waals surface area contributed by atoms with Crippen molar-refractivity contribution in [3.63, 3.8) is 0 Å². The zero-order valence-corrected chi connectivity index (χ0v) is 18.3. The van der Waals surface area contributed by atoms with Gasteiger partial charge in [-0.25, -0.2) is 0 Å². The van der Waals surface area contributed by atoms with Crippen LogP contribution in [0.5, 0.6) is 28.7 Å². The number of fused-ring (bicyclic) bond motifs is 2. The van der Waals surface area contributed by atoms with E-state index in [1.165, 1.54) is 34.7 Å². The summed E-state index contributed by atoms with van der Waals surface area (Å²) >= 11 is 0. The number of rotatable bonds is 5. The van der Waals surface area contributed by atoms with Crippen molar-refractivity contribution in [3.05, 3.63) is 46.3 Å². The highest BCUT2D eigenvalue weighted by Gasteiger charge is 2.28. The Balaban J connectivity index is 2.01. The van der Waals surface area contributed by atoms with Gasteiger partial charge in [0.25, 0.3) is 0 Å². The van der Waals surface area contributed by atoms with E-state index in [0.29, 0.717) is 56.4 Å². The third kappa shape index (κ3) is 3.36. The molecule has 0 atom stereocenters. The Bertz CT molecular complexity index is 1250. The first kappa shape index (κ1) is 20.7. The predicted molar refractivity (Wildman–Crippen MR) is 118 cm³/mol. The van der Waals surface area contributed by atoms with Crippen molar-refractivity contribution in [2.45, 2.75) is 19.4 Å². The van der Waals surface area contributed by atoms with E-state index in [-0.39, 0.29) is 5.43 Å². The van der Waals surface area contributed by atoms with Crippen LogP contribution >= 0.6 is 0 Å². The van der Waals surface area contributed by atoms with Crippen LogP contribution in [0.2, 0.25) is 0 Å². The summed E-state index contributed by atoms with van der Waals surface area (Å²) in [4.78, 5) is 13.6. The maximum atomic E-state index is 13.6. The summed E-state index contributed by atoms with van der Waals surface area (Å²) in [6.07, 6.45) is 5.23.